The highest BCUT2D eigenvalue weighted by Crippen LogP contribution is 2.20. The summed E-state index contributed by atoms with van der Waals surface area (Å²) < 4.78 is 5.16. The maximum absolute atomic E-state index is 11.9. The molecule has 0 radical (unpaired) electrons. The van der Waals surface area contributed by atoms with E-state index in [1.165, 1.54) is 24.8 Å². The van der Waals surface area contributed by atoms with Crippen molar-refractivity contribution in [3.8, 4) is 0 Å². The van der Waals surface area contributed by atoms with Gasteiger partial charge in [-0.15, -0.1) is 0 Å². The fraction of sp³-hybridized carbons (Fsp3) is 0.667. The lowest BCUT2D eigenvalue weighted by Gasteiger charge is -2.33. The minimum atomic E-state index is -0.0628. The second-order valence-corrected chi connectivity index (χ2v) is 7.48. The second-order valence-electron chi connectivity index (χ2n) is 7.48. The molecule has 7 nitrogen and oxygen atoms in total. The molecule has 2 saturated heterocycles. The lowest BCUT2D eigenvalue weighted by Crippen LogP contribution is -2.46. The van der Waals surface area contributed by atoms with Crippen molar-refractivity contribution in [2.45, 2.75) is 45.6 Å². The van der Waals surface area contributed by atoms with E-state index < -0.39 is 0 Å². The molecule has 0 atom stereocenters. The molecular weight excluding hydrogens is 354 g/mol. The Balaban J connectivity index is 1.51. The molecule has 0 amide bonds. The van der Waals surface area contributed by atoms with Gasteiger partial charge in [0.1, 0.15) is 5.82 Å². The van der Waals surface area contributed by atoms with Crippen LogP contribution in [0.4, 0.5) is 5.82 Å². The molecule has 154 valence electrons. The molecule has 0 aromatic carbocycles. The minimum absolute atomic E-state index is 0.0154. The van der Waals surface area contributed by atoms with Crippen molar-refractivity contribution >= 4 is 17.7 Å². The van der Waals surface area contributed by atoms with E-state index in [1.54, 1.807) is 0 Å². The number of anilines is 1. The number of nitrogens with one attached hydrogen (secondary N) is 1. The van der Waals surface area contributed by atoms with Gasteiger partial charge in [-0.1, -0.05) is 0 Å². The van der Waals surface area contributed by atoms with Gasteiger partial charge in [0.2, 0.25) is 0 Å². The number of rotatable bonds is 5. The molecule has 1 N–H and O–H groups in total. The van der Waals surface area contributed by atoms with E-state index in [-0.39, 0.29) is 11.9 Å². The Morgan fingerprint density at radius 2 is 2.00 bits per heavy atom. The van der Waals surface area contributed by atoms with Gasteiger partial charge in [0.25, 0.3) is 0 Å². The number of hydrogen-bond donors (Lipinski definition) is 1. The largest absolute Gasteiger partial charge is 0.466 e. The van der Waals surface area contributed by atoms with Crippen LogP contribution in [0.5, 0.6) is 0 Å². The molecule has 3 rings (SSSR count). The summed E-state index contributed by atoms with van der Waals surface area (Å²) in [7, 11) is 1.81. The quantitative estimate of drug-likeness (QED) is 0.475. The fourth-order valence-electron chi connectivity index (χ4n) is 3.97. The van der Waals surface area contributed by atoms with Crippen molar-refractivity contribution in [1.29, 1.82) is 0 Å². The van der Waals surface area contributed by atoms with Crippen LogP contribution in [0.25, 0.3) is 0 Å². The average molecular weight is 388 g/mol. The monoisotopic (exact) mass is 387 g/mol. The van der Waals surface area contributed by atoms with Gasteiger partial charge in [0.15, 0.2) is 5.96 Å². The maximum atomic E-state index is 11.9. The van der Waals surface area contributed by atoms with Gasteiger partial charge in [0.05, 0.1) is 12.5 Å². The van der Waals surface area contributed by atoms with Gasteiger partial charge < -0.3 is 19.9 Å². The fourth-order valence-corrected chi connectivity index (χ4v) is 3.97. The van der Waals surface area contributed by atoms with Crippen molar-refractivity contribution in [3.05, 3.63) is 23.9 Å². The number of hydrogen-bond acceptors (Lipinski definition) is 5. The third-order valence-corrected chi connectivity index (χ3v) is 5.57. The molecule has 2 aliphatic rings. The van der Waals surface area contributed by atoms with Crippen molar-refractivity contribution < 1.29 is 9.53 Å². The number of aliphatic imine (C=N–C) groups is 1. The van der Waals surface area contributed by atoms with E-state index in [9.17, 15) is 4.79 Å². The highest BCUT2D eigenvalue weighted by atomic mass is 16.5. The standard InChI is InChI=1S/C21H33N5O2/c1-3-28-20(27)18-8-13-26(14-9-18)21(22-2)24-16-17-7-10-23-19(15-17)25-11-5-4-6-12-25/h7,10,15,18H,3-6,8-9,11-14,16H2,1-2H3,(H,22,24). The molecule has 0 saturated carbocycles. The first-order chi connectivity index (χ1) is 13.7. The van der Waals surface area contributed by atoms with E-state index in [1.807, 2.05) is 20.2 Å². The van der Waals surface area contributed by atoms with Gasteiger partial charge >= 0.3 is 5.97 Å². The summed E-state index contributed by atoms with van der Waals surface area (Å²) in [6.45, 7) is 6.86. The maximum Gasteiger partial charge on any atom is 0.309 e. The summed E-state index contributed by atoms with van der Waals surface area (Å²) in [5.41, 5.74) is 1.21. The number of guanidine groups is 1. The van der Waals surface area contributed by atoms with E-state index in [0.29, 0.717) is 13.2 Å². The number of piperidine rings is 2. The number of likely N-dealkylation sites (tertiary alicyclic amines) is 1. The molecule has 0 spiro atoms. The molecule has 2 aliphatic heterocycles. The van der Waals surface area contributed by atoms with Crippen molar-refractivity contribution in [3.63, 3.8) is 0 Å². The van der Waals surface area contributed by atoms with Crippen molar-refractivity contribution in [1.82, 2.24) is 15.2 Å². The number of pyridine rings is 1. The molecule has 0 bridgehead atoms. The average Bonchev–Trinajstić information content (AvgIpc) is 2.75. The predicted octanol–water partition coefficient (Wildman–Crippen LogP) is 2.42. The molecule has 0 unspecified atom stereocenters. The highest BCUT2D eigenvalue weighted by molar-refractivity contribution is 5.80. The Kier molecular flexibility index (Phi) is 7.51. The van der Waals surface area contributed by atoms with Gasteiger partial charge in [0, 0.05) is 46.0 Å². The first-order valence-electron chi connectivity index (χ1n) is 10.5. The Morgan fingerprint density at radius 1 is 1.25 bits per heavy atom. The highest BCUT2D eigenvalue weighted by Gasteiger charge is 2.27. The van der Waals surface area contributed by atoms with E-state index in [2.05, 4.69) is 37.2 Å². The molecule has 3 heterocycles. The number of ether oxygens (including phenoxy) is 1. The minimum Gasteiger partial charge on any atom is -0.466 e. The van der Waals surface area contributed by atoms with Crippen LogP contribution in [-0.4, -0.2) is 61.6 Å². The summed E-state index contributed by atoms with van der Waals surface area (Å²) in [6, 6.07) is 4.24. The number of nitrogens with zero attached hydrogens (tertiary/aromatic N) is 4. The number of carbonyl (C=O) groups is 1. The van der Waals surface area contributed by atoms with Gasteiger partial charge in [-0.25, -0.2) is 4.98 Å². The van der Waals surface area contributed by atoms with Gasteiger partial charge in [-0.2, -0.15) is 0 Å². The molecule has 1 aromatic heterocycles. The first-order valence-corrected chi connectivity index (χ1v) is 10.5. The first kappa shape index (κ1) is 20.4. The second kappa shape index (κ2) is 10.3. The molecule has 0 aliphatic carbocycles. The molecule has 2 fully saturated rings. The van der Waals surface area contributed by atoms with Crippen LogP contribution in [0, 0.1) is 5.92 Å². The van der Waals surface area contributed by atoms with Crippen LogP contribution in [-0.2, 0) is 16.1 Å². The van der Waals surface area contributed by atoms with Crippen LogP contribution in [0.3, 0.4) is 0 Å². The van der Waals surface area contributed by atoms with Crippen molar-refractivity contribution in [2.75, 3.05) is 44.7 Å². The Labute approximate surface area is 168 Å². The molecule has 7 heteroatoms. The molecule has 1 aromatic rings. The van der Waals surface area contributed by atoms with Crippen molar-refractivity contribution in [2.24, 2.45) is 10.9 Å². The van der Waals surface area contributed by atoms with Crippen LogP contribution in [0.15, 0.2) is 23.3 Å². The smallest absolute Gasteiger partial charge is 0.309 e. The van der Waals surface area contributed by atoms with Crippen LogP contribution in [0.2, 0.25) is 0 Å². The topological polar surface area (TPSA) is 70.1 Å². The summed E-state index contributed by atoms with van der Waals surface area (Å²) in [6.07, 6.45) is 7.34. The summed E-state index contributed by atoms with van der Waals surface area (Å²) >= 11 is 0. The SMILES string of the molecule is CCOC(=O)C1CCN(C(=NC)NCc2ccnc(N3CCCCC3)c2)CC1. The van der Waals surface area contributed by atoms with E-state index in [0.717, 1.165) is 50.8 Å². The molecule has 28 heavy (non-hydrogen) atoms. The lowest BCUT2D eigenvalue weighted by atomic mass is 9.97. The summed E-state index contributed by atoms with van der Waals surface area (Å²) in [5, 5.41) is 3.47. The van der Waals surface area contributed by atoms with E-state index >= 15 is 0 Å². The van der Waals surface area contributed by atoms with Crippen LogP contribution < -0.4 is 10.2 Å². The molecular formula is C21H33N5O2. The van der Waals surface area contributed by atoms with Gasteiger partial charge in [-0.05, 0) is 56.7 Å². The zero-order valence-corrected chi connectivity index (χ0v) is 17.2. The Bertz CT molecular complexity index is 665. The zero-order valence-electron chi connectivity index (χ0n) is 17.2. The normalized spacial score (nSPS) is 18.9. The van der Waals surface area contributed by atoms with Crippen LogP contribution >= 0.6 is 0 Å². The number of aromatic nitrogens is 1. The third-order valence-electron chi connectivity index (χ3n) is 5.57. The van der Waals surface area contributed by atoms with Gasteiger partial charge in [-0.3, -0.25) is 9.79 Å². The lowest BCUT2D eigenvalue weighted by molar-refractivity contribution is -0.149. The number of carbonyl (C=O) groups excluding carboxylic acids is 1. The third kappa shape index (κ3) is 5.36. The zero-order chi connectivity index (χ0) is 19.8. The van der Waals surface area contributed by atoms with Crippen LogP contribution in [0.1, 0.15) is 44.6 Å². The van der Waals surface area contributed by atoms with E-state index in [4.69, 9.17) is 4.74 Å². The summed E-state index contributed by atoms with van der Waals surface area (Å²) in [4.78, 5) is 25.5. The number of esters is 1. The summed E-state index contributed by atoms with van der Waals surface area (Å²) in [5.74, 6) is 1.91. The Morgan fingerprint density at radius 3 is 2.68 bits per heavy atom. The predicted molar refractivity (Wildman–Crippen MR) is 111 cm³/mol. The Hall–Kier alpha value is -2.31.